The highest BCUT2D eigenvalue weighted by molar-refractivity contribution is 5.90. The van der Waals surface area contributed by atoms with Crippen LogP contribution < -0.4 is 16.0 Å². The van der Waals surface area contributed by atoms with E-state index in [9.17, 15) is 4.79 Å². The Kier molecular flexibility index (Phi) is 5.30. The molecule has 0 spiro atoms. The zero-order chi connectivity index (χ0) is 18.5. The van der Waals surface area contributed by atoms with Crippen molar-refractivity contribution in [3.63, 3.8) is 0 Å². The maximum absolute atomic E-state index is 11.0. The monoisotopic (exact) mass is 350 g/mol. The fraction of sp³-hybridized carbons (Fsp3) is 0.250. The van der Waals surface area contributed by atoms with E-state index in [4.69, 9.17) is 10.8 Å². The van der Waals surface area contributed by atoms with E-state index in [1.165, 1.54) is 0 Å². The van der Waals surface area contributed by atoms with Crippen molar-refractivity contribution in [1.29, 1.82) is 0 Å². The Balaban J connectivity index is 2.00. The Morgan fingerprint density at radius 3 is 2.46 bits per heavy atom. The average molecular weight is 350 g/mol. The number of benzene rings is 2. The Labute approximate surface area is 153 Å². The first-order valence-corrected chi connectivity index (χ1v) is 8.47. The third-order valence-electron chi connectivity index (χ3n) is 4.37. The van der Waals surface area contributed by atoms with Gasteiger partial charge >= 0.3 is 6.09 Å². The summed E-state index contributed by atoms with van der Waals surface area (Å²) >= 11 is 0. The Morgan fingerprint density at radius 1 is 1.12 bits per heavy atom. The van der Waals surface area contributed by atoms with Crippen LogP contribution in [-0.4, -0.2) is 49.3 Å². The van der Waals surface area contributed by atoms with E-state index in [0.29, 0.717) is 11.4 Å². The summed E-state index contributed by atoms with van der Waals surface area (Å²) in [4.78, 5) is 15.5. The molecular formula is C20H22N4O2. The first-order valence-electron chi connectivity index (χ1n) is 8.47. The van der Waals surface area contributed by atoms with Crippen molar-refractivity contribution in [2.45, 2.75) is 0 Å². The number of nitrogens with two attached hydrogens (primary N) is 1. The number of nitrogen functional groups attached to an aromatic ring is 1. The molecule has 6 nitrogen and oxygen atoms in total. The van der Waals surface area contributed by atoms with E-state index < -0.39 is 6.09 Å². The minimum Gasteiger partial charge on any atom is -0.465 e. The van der Waals surface area contributed by atoms with E-state index in [-0.39, 0.29) is 0 Å². The lowest BCUT2D eigenvalue weighted by Crippen LogP contribution is -2.44. The van der Waals surface area contributed by atoms with Crippen LogP contribution in [0.15, 0.2) is 42.5 Å². The fourth-order valence-electron chi connectivity index (χ4n) is 2.90. The zero-order valence-electron chi connectivity index (χ0n) is 14.7. The maximum Gasteiger partial charge on any atom is 0.409 e. The van der Waals surface area contributed by atoms with Crippen molar-refractivity contribution in [3.8, 4) is 11.8 Å². The lowest BCUT2D eigenvalue weighted by atomic mass is 10.1. The molecule has 0 aliphatic carbocycles. The SMILES string of the molecule is CN1CCN(c2cc(NC(=O)O)c(N)cc2C#Cc2ccccc2)CC1. The highest BCUT2D eigenvalue weighted by Crippen LogP contribution is 2.30. The summed E-state index contributed by atoms with van der Waals surface area (Å²) in [5.41, 5.74) is 9.41. The van der Waals surface area contributed by atoms with E-state index in [1.54, 1.807) is 12.1 Å². The van der Waals surface area contributed by atoms with Crippen LogP contribution in [0, 0.1) is 11.8 Å². The number of anilines is 3. The first kappa shape index (κ1) is 17.6. The Hall–Kier alpha value is -3.17. The predicted octanol–water partition coefficient (Wildman–Crippen LogP) is 2.51. The van der Waals surface area contributed by atoms with Gasteiger partial charge in [-0.25, -0.2) is 4.79 Å². The second-order valence-electron chi connectivity index (χ2n) is 6.29. The van der Waals surface area contributed by atoms with E-state index >= 15 is 0 Å². The molecule has 0 bridgehead atoms. The van der Waals surface area contributed by atoms with Gasteiger partial charge in [-0.2, -0.15) is 0 Å². The molecule has 0 aromatic heterocycles. The van der Waals surface area contributed by atoms with Gasteiger partial charge in [0.05, 0.1) is 22.6 Å². The summed E-state index contributed by atoms with van der Waals surface area (Å²) in [5, 5.41) is 11.4. The predicted molar refractivity (Wildman–Crippen MR) is 105 cm³/mol. The molecule has 0 saturated carbocycles. The van der Waals surface area contributed by atoms with E-state index in [0.717, 1.165) is 43.0 Å². The second kappa shape index (κ2) is 7.81. The standard InChI is InChI=1S/C20H22N4O2/c1-23-9-11-24(12-10-23)19-14-18(22-20(25)26)17(21)13-16(19)8-7-15-5-3-2-4-6-15/h2-6,13-14,22H,9-12,21H2,1H3,(H,25,26). The maximum atomic E-state index is 11.0. The van der Waals surface area contributed by atoms with Crippen molar-refractivity contribution in [2.75, 3.05) is 49.2 Å². The molecule has 0 unspecified atom stereocenters. The zero-order valence-corrected chi connectivity index (χ0v) is 14.7. The molecule has 1 fully saturated rings. The smallest absolute Gasteiger partial charge is 0.409 e. The van der Waals surface area contributed by atoms with Crippen LogP contribution in [0.2, 0.25) is 0 Å². The van der Waals surface area contributed by atoms with Crippen molar-refractivity contribution < 1.29 is 9.90 Å². The number of hydrogen-bond donors (Lipinski definition) is 3. The fourth-order valence-corrected chi connectivity index (χ4v) is 2.90. The van der Waals surface area contributed by atoms with Gasteiger partial charge in [0.15, 0.2) is 0 Å². The molecule has 1 aliphatic heterocycles. The van der Waals surface area contributed by atoms with Crippen molar-refractivity contribution in [3.05, 3.63) is 53.6 Å². The lowest BCUT2D eigenvalue weighted by molar-refractivity contribution is 0.210. The molecule has 4 N–H and O–H groups in total. The van der Waals surface area contributed by atoms with Gasteiger partial charge < -0.3 is 20.6 Å². The van der Waals surface area contributed by atoms with Gasteiger partial charge in [0.25, 0.3) is 0 Å². The summed E-state index contributed by atoms with van der Waals surface area (Å²) < 4.78 is 0. The Morgan fingerprint density at radius 2 is 1.81 bits per heavy atom. The van der Waals surface area contributed by atoms with Gasteiger partial charge in [-0.1, -0.05) is 30.0 Å². The number of carbonyl (C=O) groups is 1. The number of nitrogens with zero attached hydrogens (tertiary/aromatic N) is 2. The van der Waals surface area contributed by atoms with Crippen LogP contribution in [0.25, 0.3) is 0 Å². The molecule has 1 amide bonds. The topological polar surface area (TPSA) is 81.8 Å². The Bertz CT molecular complexity index is 847. The summed E-state index contributed by atoms with van der Waals surface area (Å²) in [5.74, 6) is 6.36. The number of carboxylic acid groups (broad SMARTS) is 1. The molecule has 1 aliphatic rings. The molecule has 2 aromatic carbocycles. The molecule has 1 saturated heterocycles. The molecule has 134 valence electrons. The third-order valence-corrected chi connectivity index (χ3v) is 4.37. The summed E-state index contributed by atoms with van der Waals surface area (Å²) in [6.45, 7) is 3.59. The minimum absolute atomic E-state index is 0.364. The van der Waals surface area contributed by atoms with Crippen LogP contribution in [0.5, 0.6) is 0 Å². The van der Waals surface area contributed by atoms with E-state index in [1.807, 2.05) is 30.3 Å². The van der Waals surface area contributed by atoms with Gasteiger partial charge in [-0.3, -0.25) is 5.32 Å². The highest BCUT2D eigenvalue weighted by atomic mass is 16.4. The highest BCUT2D eigenvalue weighted by Gasteiger charge is 2.18. The lowest BCUT2D eigenvalue weighted by Gasteiger charge is -2.35. The largest absolute Gasteiger partial charge is 0.465 e. The minimum atomic E-state index is -1.14. The molecule has 1 heterocycles. The molecule has 3 rings (SSSR count). The number of hydrogen-bond acceptors (Lipinski definition) is 4. The van der Waals surface area contributed by atoms with Crippen LogP contribution in [-0.2, 0) is 0 Å². The molecular weight excluding hydrogens is 328 g/mol. The van der Waals surface area contributed by atoms with Gasteiger partial charge in [-0.15, -0.1) is 0 Å². The number of nitrogens with one attached hydrogen (secondary N) is 1. The first-order chi connectivity index (χ1) is 12.5. The quantitative estimate of drug-likeness (QED) is 0.573. The second-order valence-corrected chi connectivity index (χ2v) is 6.29. The van der Waals surface area contributed by atoms with Gasteiger partial charge in [0.1, 0.15) is 0 Å². The molecule has 26 heavy (non-hydrogen) atoms. The summed E-state index contributed by atoms with van der Waals surface area (Å²) in [6, 6.07) is 13.3. The normalized spacial score (nSPS) is 14.4. The summed E-state index contributed by atoms with van der Waals surface area (Å²) in [6.07, 6.45) is -1.14. The van der Waals surface area contributed by atoms with Gasteiger partial charge in [0, 0.05) is 31.7 Å². The van der Waals surface area contributed by atoms with Crippen molar-refractivity contribution in [1.82, 2.24) is 4.90 Å². The van der Waals surface area contributed by atoms with Crippen LogP contribution in [0.3, 0.4) is 0 Å². The molecule has 0 atom stereocenters. The number of piperazine rings is 1. The molecule has 2 aromatic rings. The number of likely N-dealkylation sites (N-methyl/N-ethyl adjacent to an activating group) is 1. The van der Waals surface area contributed by atoms with Crippen molar-refractivity contribution in [2.24, 2.45) is 0 Å². The van der Waals surface area contributed by atoms with Crippen LogP contribution >= 0.6 is 0 Å². The summed E-state index contributed by atoms with van der Waals surface area (Å²) in [7, 11) is 2.09. The van der Waals surface area contributed by atoms with Crippen LogP contribution in [0.1, 0.15) is 11.1 Å². The van der Waals surface area contributed by atoms with Crippen LogP contribution in [0.4, 0.5) is 21.9 Å². The van der Waals surface area contributed by atoms with Gasteiger partial charge in [-0.05, 0) is 31.3 Å². The number of rotatable bonds is 2. The van der Waals surface area contributed by atoms with E-state index in [2.05, 4.69) is 34.0 Å². The molecule has 0 radical (unpaired) electrons. The third kappa shape index (κ3) is 4.26. The molecule has 6 heteroatoms. The van der Waals surface area contributed by atoms with Gasteiger partial charge in [0.2, 0.25) is 0 Å². The average Bonchev–Trinajstić information content (AvgIpc) is 2.63. The van der Waals surface area contributed by atoms with Crippen molar-refractivity contribution >= 4 is 23.2 Å². The number of amides is 1.